The molecule has 4 heteroatoms. The van der Waals surface area contributed by atoms with Crippen molar-refractivity contribution in [1.82, 2.24) is 4.98 Å². The summed E-state index contributed by atoms with van der Waals surface area (Å²) >= 11 is 0. The first-order valence-corrected chi connectivity index (χ1v) is 10.0. The third-order valence-electron chi connectivity index (χ3n) is 6.69. The quantitative estimate of drug-likeness (QED) is 0.768. The Morgan fingerprint density at radius 2 is 2.11 bits per heavy atom. The summed E-state index contributed by atoms with van der Waals surface area (Å²) in [6.45, 7) is 4.25. The molecule has 2 aromatic rings. The zero-order valence-corrected chi connectivity index (χ0v) is 16.2. The lowest BCUT2D eigenvalue weighted by atomic mass is 9.62. The molecule has 0 bridgehead atoms. The van der Waals surface area contributed by atoms with E-state index in [1.807, 2.05) is 25.1 Å². The summed E-state index contributed by atoms with van der Waals surface area (Å²) < 4.78 is 0. The number of aliphatic hydroxyl groups is 1. The highest BCUT2D eigenvalue weighted by atomic mass is 16.3. The molecule has 1 saturated carbocycles. The highest BCUT2D eigenvalue weighted by Crippen LogP contribution is 2.49. The lowest BCUT2D eigenvalue weighted by molar-refractivity contribution is 0.0542. The van der Waals surface area contributed by atoms with Crippen molar-refractivity contribution < 1.29 is 9.90 Å². The highest BCUT2D eigenvalue weighted by Gasteiger charge is 2.42. The minimum absolute atomic E-state index is 0. The first kappa shape index (κ1) is 20.5. The van der Waals surface area contributed by atoms with E-state index in [4.69, 9.17) is 0 Å². The van der Waals surface area contributed by atoms with E-state index in [2.05, 4.69) is 29.4 Å². The monoisotopic (exact) mass is 380 g/mol. The van der Waals surface area contributed by atoms with Gasteiger partial charge in [0, 0.05) is 11.8 Å². The number of anilines is 1. The minimum Gasteiger partial charge on any atom is -0.393 e. The van der Waals surface area contributed by atoms with Crippen LogP contribution in [0.15, 0.2) is 36.5 Å². The van der Waals surface area contributed by atoms with Crippen molar-refractivity contribution in [3.05, 3.63) is 58.9 Å². The molecule has 1 amide bonds. The van der Waals surface area contributed by atoms with Crippen LogP contribution in [0.3, 0.4) is 0 Å². The number of nitrogens with zero attached hydrogens (tertiary/aromatic N) is 1. The Labute approximate surface area is 168 Å². The fraction of sp³-hybridized carbons (Fsp3) is 0.500. The van der Waals surface area contributed by atoms with Gasteiger partial charge in [-0.3, -0.25) is 9.78 Å². The maximum absolute atomic E-state index is 12.8. The number of carbonyl (C=O) groups excluding carboxylic acids is 1. The number of amides is 1. The van der Waals surface area contributed by atoms with Gasteiger partial charge in [-0.05, 0) is 92.2 Å². The average Bonchev–Trinajstić information content (AvgIpc) is 2.80. The highest BCUT2D eigenvalue weighted by molar-refractivity contribution is 6.04. The van der Waals surface area contributed by atoms with Crippen LogP contribution in [0, 0.1) is 12.8 Å². The lowest BCUT2D eigenvalue weighted by Crippen LogP contribution is -2.39. The molecule has 28 heavy (non-hydrogen) atoms. The van der Waals surface area contributed by atoms with Crippen molar-refractivity contribution in [1.29, 1.82) is 0 Å². The zero-order chi connectivity index (χ0) is 19.0. The number of benzene rings is 1. The third-order valence-corrected chi connectivity index (χ3v) is 6.69. The number of rotatable bonds is 2. The van der Waals surface area contributed by atoms with Crippen molar-refractivity contribution in [3.63, 3.8) is 0 Å². The number of aliphatic hydroxyl groups excluding tert-OH is 1. The van der Waals surface area contributed by atoms with Gasteiger partial charge in [0.2, 0.25) is 0 Å². The van der Waals surface area contributed by atoms with Gasteiger partial charge in [-0.2, -0.15) is 0 Å². The number of pyridine rings is 1. The summed E-state index contributed by atoms with van der Waals surface area (Å²) in [6, 6.07) is 9.91. The molecule has 0 radical (unpaired) electrons. The first-order chi connectivity index (χ1) is 13.0. The third kappa shape index (κ3) is 3.70. The molecule has 2 aliphatic carbocycles. The predicted molar refractivity (Wildman–Crippen MR) is 114 cm³/mol. The maximum Gasteiger partial charge on any atom is 0.255 e. The number of nitrogens with one attached hydrogen (secondary N) is 1. The molecule has 2 aliphatic rings. The first-order valence-electron chi connectivity index (χ1n) is 10.0. The molecule has 0 aliphatic heterocycles. The molecule has 0 spiro atoms. The Hall–Kier alpha value is -2.20. The van der Waals surface area contributed by atoms with E-state index in [1.54, 1.807) is 6.20 Å². The second-order valence-corrected chi connectivity index (χ2v) is 8.40. The molecule has 0 saturated heterocycles. The van der Waals surface area contributed by atoms with Crippen LogP contribution in [0.1, 0.15) is 73.6 Å². The Bertz CT molecular complexity index is 863. The Kier molecular flexibility index (Phi) is 5.90. The lowest BCUT2D eigenvalue weighted by Gasteiger charge is -2.43. The van der Waals surface area contributed by atoms with Gasteiger partial charge < -0.3 is 10.4 Å². The summed E-state index contributed by atoms with van der Waals surface area (Å²) in [4.78, 5) is 17.0. The Morgan fingerprint density at radius 1 is 1.29 bits per heavy atom. The summed E-state index contributed by atoms with van der Waals surface area (Å²) in [5, 5.41) is 13.1. The summed E-state index contributed by atoms with van der Waals surface area (Å²) in [5.74, 6) is 0.444. The number of hydrogen-bond donors (Lipinski definition) is 2. The molecule has 3 unspecified atom stereocenters. The molecular formula is C24H32N2O2. The van der Waals surface area contributed by atoms with Gasteiger partial charge in [-0.15, -0.1) is 0 Å². The van der Waals surface area contributed by atoms with Gasteiger partial charge >= 0.3 is 0 Å². The average molecular weight is 381 g/mol. The van der Waals surface area contributed by atoms with Crippen molar-refractivity contribution in [2.24, 2.45) is 5.92 Å². The fourth-order valence-corrected chi connectivity index (χ4v) is 5.02. The van der Waals surface area contributed by atoms with Crippen molar-refractivity contribution in [2.75, 3.05) is 5.32 Å². The molecule has 4 nitrogen and oxygen atoms in total. The van der Waals surface area contributed by atoms with Gasteiger partial charge in [0.05, 0.1) is 17.5 Å². The van der Waals surface area contributed by atoms with Crippen LogP contribution in [0.25, 0.3) is 0 Å². The van der Waals surface area contributed by atoms with Crippen LogP contribution in [0.4, 0.5) is 5.69 Å². The summed E-state index contributed by atoms with van der Waals surface area (Å²) in [5.41, 5.74) is 5.07. The Morgan fingerprint density at radius 3 is 2.89 bits per heavy atom. The largest absolute Gasteiger partial charge is 0.393 e. The van der Waals surface area contributed by atoms with Crippen molar-refractivity contribution >= 4 is 11.6 Å². The van der Waals surface area contributed by atoms with E-state index in [-0.39, 0.29) is 24.9 Å². The molecule has 1 fully saturated rings. The topological polar surface area (TPSA) is 62.2 Å². The summed E-state index contributed by atoms with van der Waals surface area (Å²) in [7, 11) is 0. The number of aryl methyl sites for hydroxylation is 2. The molecule has 2 N–H and O–H groups in total. The normalized spacial score (nSPS) is 26.2. The van der Waals surface area contributed by atoms with Gasteiger partial charge in [0.15, 0.2) is 0 Å². The minimum atomic E-state index is -0.155. The van der Waals surface area contributed by atoms with E-state index in [0.29, 0.717) is 11.5 Å². The smallest absolute Gasteiger partial charge is 0.255 e. The number of carbonyl (C=O) groups is 1. The van der Waals surface area contributed by atoms with E-state index >= 15 is 0 Å². The molecule has 3 atom stereocenters. The maximum atomic E-state index is 12.8. The zero-order valence-electron chi connectivity index (χ0n) is 16.2. The molecule has 1 aromatic heterocycles. The molecule has 4 rings (SSSR count). The van der Waals surface area contributed by atoms with Crippen molar-refractivity contribution in [2.45, 2.75) is 71.3 Å². The second kappa shape index (κ2) is 8.04. The Balaban J connectivity index is 0.00000225. The van der Waals surface area contributed by atoms with Gasteiger partial charge in [-0.1, -0.05) is 20.4 Å². The van der Waals surface area contributed by atoms with Gasteiger partial charge in [0.1, 0.15) is 0 Å². The van der Waals surface area contributed by atoms with Crippen LogP contribution >= 0.6 is 0 Å². The van der Waals surface area contributed by atoms with E-state index < -0.39 is 0 Å². The molecule has 1 heterocycles. The number of fused-ring (bicyclic) bond motifs is 3. The van der Waals surface area contributed by atoms with Crippen LogP contribution in [0.2, 0.25) is 0 Å². The number of aromatic nitrogens is 1. The predicted octanol–water partition coefficient (Wildman–Crippen LogP) is 5.03. The summed E-state index contributed by atoms with van der Waals surface area (Å²) in [6.07, 6.45) is 7.64. The van der Waals surface area contributed by atoms with E-state index in [9.17, 15) is 9.90 Å². The second-order valence-electron chi connectivity index (χ2n) is 8.40. The molecular weight excluding hydrogens is 348 g/mol. The SMILES string of the molecule is C.Cc1ncccc1NC(=O)c1ccc2c(c1)CCCC1CC(O)CCC21C. The van der Waals surface area contributed by atoms with E-state index in [1.165, 1.54) is 11.1 Å². The van der Waals surface area contributed by atoms with Crippen molar-refractivity contribution in [3.8, 4) is 0 Å². The number of hydrogen-bond acceptors (Lipinski definition) is 3. The molecule has 1 aromatic carbocycles. The standard InChI is InChI=1S/C23H28N2O2.CH4/c1-15-21(7-4-12-24-15)25-22(27)17-8-9-20-16(13-17)5-3-6-18-14-19(26)10-11-23(18,20)2;/h4,7-9,12-13,18-19,26H,3,5-6,10-11,14H2,1-2H3,(H,25,27);1H4. The van der Waals surface area contributed by atoms with Crippen LogP contribution < -0.4 is 5.32 Å². The molecule has 150 valence electrons. The van der Waals surface area contributed by atoms with E-state index in [0.717, 1.165) is 49.9 Å². The van der Waals surface area contributed by atoms with Crippen LogP contribution in [-0.4, -0.2) is 22.1 Å². The van der Waals surface area contributed by atoms with Crippen LogP contribution in [-0.2, 0) is 11.8 Å². The van der Waals surface area contributed by atoms with Gasteiger partial charge in [0.25, 0.3) is 5.91 Å². The fourth-order valence-electron chi connectivity index (χ4n) is 5.02. The van der Waals surface area contributed by atoms with Crippen LogP contribution in [0.5, 0.6) is 0 Å². The van der Waals surface area contributed by atoms with Gasteiger partial charge in [-0.25, -0.2) is 0 Å².